The molecule has 0 radical (unpaired) electrons. The summed E-state index contributed by atoms with van der Waals surface area (Å²) in [7, 11) is 0. The molecular formula is C22H21N3O3. The molecule has 4 rings (SSSR count). The molecule has 1 aromatic heterocycles. The van der Waals surface area contributed by atoms with Crippen molar-refractivity contribution in [2.45, 2.75) is 19.8 Å². The third-order valence-corrected chi connectivity index (χ3v) is 4.49. The molecule has 0 saturated carbocycles. The predicted octanol–water partition coefficient (Wildman–Crippen LogP) is 4.93. The first-order chi connectivity index (χ1) is 13.6. The number of pyridine rings is 1. The Morgan fingerprint density at radius 1 is 0.929 bits per heavy atom. The van der Waals surface area contributed by atoms with Gasteiger partial charge in [0.1, 0.15) is 5.69 Å². The normalized spacial score (nSPS) is 12.1. The summed E-state index contributed by atoms with van der Waals surface area (Å²) in [4.78, 5) is 16.7. The minimum atomic E-state index is -0.244. The average molecular weight is 375 g/mol. The third-order valence-electron chi connectivity index (χ3n) is 4.49. The fourth-order valence-electron chi connectivity index (χ4n) is 2.89. The molecule has 1 amide bonds. The zero-order valence-electron chi connectivity index (χ0n) is 15.7. The Bertz CT molecular complexity index is 983. The summed E-state index contributed by atoms with van der Waals surface area (Å²) in [6.45, 7) is 4.51. The maximum Gasteiger partial charge on any atom is 0.274 e. The molecule has 0 fully saturated rings. The molecule has 3 aromatic rings. The summed E-state index contributed by atoms with van der Waals surface area (Å²) < 4.78 is 10.7. The van der Waals surface area contributed by atoms with Crippen LogP contribution >= 0.6 is 0 Å². The van der Waals surface area contributed by atoms with Crippen molar-refractivity contribution in [3.05, 3.63) is 72.1 Å². The number of fused-ring (bicyclic) bond motifs is 1. The van der Waals surface area contributed by atoms with E-state index in [1.807, 2.05) is 48.5 Å². The molecule has 2 N–H and O–H groups in total. The number of aromatic nitrogens is 1. The van der Waals surface area contributed by atoms with Gasteiger partial charge in [0.15, 0.2) is 11.5 Å². The average Bonchev–Trinajstić information content (AvgIpc) is 3.17. The minimum absolute atomic E-state index is 0.240. The van der Waals surface area contributed by atoms with Gasteiger partial charge in [0.25, 0.3) is 5.91 Å². The summed E-state index contributed by atoms with van der Waals surface area (Å²) in [6, 6.07) is 17.0. The molecule has 0 saturated heterocycles. The van der Waals surface area contributed by atoms with Crippen LogP contribution in [-0.4, -0.2) is 17.7 Å². The zero-order valence-corrected chi connectivity index (χ0v) is 15.7. The van der Waals surface area contributed by atoms with Crippen LogP contribution in [0, 0.1) is 0 Å². The molecule has 142 valence electrons. The fourth-order valence-corrected chi connectivity index (χ4v) is 2.89. The van der Waals surface area contributed by atoms with E-state index in [1.54, 1.807) is 12.3 Å². The van der Waals surface area contributed by atoms with Gasteiger partial charge in [-0.3, -0.25) is 4.79 Å². The van der Waals surface area contributed by atoms with Crippen molar-refractivity contribution in [3.63, 3.8) is 0 Å². The number of nitrogens with zero attached hydrogens (tertiary/aromatic N) is 1. The molecule has 0 bridgehead atoms. The van der Waals surface area contributed by atoms with Crippen molar-refractivity contribution in [3.8, 4) is 11.5 Å². The van der Waals surface area contributed by atoms with Crippen molar-refractivity contribution in [1.29, 1.82) is 0 Å². The number of carbonyl (C=O) groups is 1. The van der Waals surface area contributed by atoms with E-state index in [-0.39, 0.29) is 12.7 Å². The zero-order chi connectivity index (χ0) is 19.5. The highest BCUT2D eigenvalue weighted by Gasteiger charge is 2.13. The van der Waals surface area contributed by atoms with Gasteiger partial charge < -0.3 is 20.1 Å². The number of hydrogen-bond acceptors (Lipinski definition) is 5. The van der Waals surface area contributed by atoms with E-state index < -0.39 is 0 Å². The first kappa shape index (κ1) is 17.9. The van der Waals surface area contributed by atoms with Gasteiger partial charge in [0.05, 0.1) is 11.9 Å². The standard InChI is InChI=1S/C22H21N3O3/c1-14(2)15-3-5-16(6-4-15)25-22(26)19-9-7-18(12-23-19)24-17-8-10-20-21(11-17)28-13-27-20/h3-12,14,24H,13H2,1-2H3,(H,25,26). The maximum absolute atomic E-state index is 12.4. The first-order valence-corrected chi connectivity index (χ1v) is 9.12. The number of nitrogens with one attached hydrogen (secondary N) is 2. The van der Waals surface area contributed by atoms with Crippen molar-refractivity contribution in [2.75, 3.05) is 17.4 Å². The number of ether oxygens (including phenoxy) is 2. The van der Waals surface area contributed by atoms with Crippen LogP contribution in [-0.2, 0) is 0 Å². The van der Waals surface area contributed by atoms with Crippen molar-refractivity contribution < 1.29 is 14.3 Å². The second-order valence-electron chi connectivity index (χ2n) is 6.86. The second-order valence-corrected chi connectivity index (χ2v) is 6.86. The molecule has 0 spiro atoms. The molecule has 0 aliphatic carbocycles. The number of anilines is 3. The number of hydrogen-bond donors (Lipinski definition) is 2. The summed E-state index contributed by atoms with van der Waals surface area (Å²) >= 11 is 0. The van der Waals surface area contributed by atoms with Gasteiger partial charge in [-0.2, -0.15) is 0 Å². The highest BCUT2D eigenvalue weighted by molar-refractivity contribution is 6.03. The smallest absolute Gasteiger partial charge is 0.274 e. The Hall–Kier alpha value is -3.54. The molecule has 0 atom stereocenters. The summed E-state index contributed by atoms with van der Waals surface area (Å²) in [5.74, 6) is 1.65. The van der Waals surface area contributed by atoms with Crippen molar-refractivity contribution in [1.82, 2.24) is 4.98 Å². The number of amides is 1. The number of benzene rings is 2. The minimum Gasteiger partial charge on any atom is -0.454 e. The number of rotatable bonds is 5. The molecule has 6 heteroatoms. The van der Waals surface area contributed by atoms with E-state index in [9.17, 15) is 4.79 Å². The highest BCUT2D eigenvalue weighted by Crippen LogP contribution is 2.35. The second kappa shape index (κ2) is 7.60. The largest absolute Gasteiger partial charge is 0.454 e. The molecule has 2 heterocycles. The van der Waals surface area contributed by atoms with Crippen LogP contribution in [0.2, 0.25) is 0 Å². The summed E-state index contributed by atoms with van der Waals surface area (Å²) in [6.07, 6.45) is 1.63. The highest BCUT2D eigenvalue weighted by atomic mass is 16.7. The van der Waals surface area contributed by atoms with Crippen LogP contribution in [0.25, 0.3) is 0 Å². The van der Waals surface area contributed by atoms with Gasteiger partial charge in [-0.15, -0.1) is 0 Å². The lowest BCUT2D eigenvalue weighted by atomic mass is 10.0. The molecular weight excluding hydrogens is 354 g/mol. The molecule has 0 unspecified atom stereocenters. The van der Waals surface area contributed by atoms with Gasteiger partial charge in [-0.25, -0.2) is 4.98 Å². The molecule has 1 aliphatic rings. The summed E-state index contributed by atoms with van der Waals surface area (Å²) in [5.41, 5.74) is 3.96. The van der Waals surface area contributed by atoms with Gasteiger partial charge >= 0.3 is 0 Å². The van der Waals surface area contributed by atoms with E-state index >= 15 is 0 Å². The van der Waals surface area contributed by atoms with E-state index in [0.29, 0.717) is 17.4 Å². The van der Waals surface area contributed by atoms with Crippen LogP contribution in [0.4, 0.5) is 17.1 Å². The quantitative estimate of drug-likeness (QED) is 0.661. The Morgan fingerprint density at radius 2 is 1.64 bits per heavy atom. The van der Waals surface area contributed by atoms with Gasteiger partial charge in [-0.05, 0) is 47.9 Å². The number of carbonyl (C=O) groups excluding carboxylic acids is 1. The van der Waals surface area contributed by atoms with Crippen LogP contribution in [0.5, 0.6) is 11.5 Å². The lowest BCUT2D eigenvalue weighted by Gasteiger charge is -2.09. The molecule has 2 aromatic carbocycles. The van der Waals surface area contributed by atoms with Gasteiger partial charge in [0, 0.05) is 17.4 Å². The molecule has 28 heavy (non-hydrogen) atoms. The Kier molecular flexibility index (Phi) is 4.85. The van der Waals surface area contributed by atoms with Gasteiger partial charge in [0.2, 0.25) is 6.79 Å². The fraction of sp³-hybridized carbons (Fsp3) is 0.182. The SMILES string of the molecule is CC(C)c1ccc(NC(=O)c2ccc(Nc3ccc4c(c3)OCO4)cn2)cc1. The van der Waals surface area contributed by atoms with Crippen LogP contribution in [0.15, 0.2) is 60.8 Å². The Morgan fingerprint density at radius 3 is 2.36 bits per heavy atom. The topological polar surface area (TPSA) is 72.5 Å². The van der Waals surface area contributed by atoms with Crippen LogP contribution in [0.1, 0.15) is 35.8 Å². The monoisotopic (exact) mass is 375 g/mol. The maximum atomic E-state index is 12.4. The van der Waals surface area contributed by atoms with Crippen LogP contribution in [0.3, 0.4) is 0 Å². The predicted molar refractivity (Wildman–Crippen MR) is 109 cm³/mol. The Balaban J connectivity index is 1.40. The molecule has 1 aliphatic heterocycles. The van der Waals surface area contributed by atoms with E-state index in [4.69, 9.17) is 9.47 Å². The summed E-state index contributed by atoms with van der Waals surface area (Å²) in [5, 5.41) is 6.11. The lowest BCUT2D eigenvalue weighted by Crippen LogP contribution is -2.13. The first-order valence-electron chi connectivity index (χ1n) is 9.12. The van der Waals surface area contributed by atoms with Crippen molar-refractivity contribution >= 4 is 23.0 Å². The van der Waals surface area contributed by atoms with E-state index in [0.717, 1.165) is 22.8 Å². The van der Waals surface area contributed by atoms with Gasteiger partial charge in [-0.1, -0.05) is 26.0 Å². The van der Waals surface area contributed by atoms with Crippen LogP contribution < -0.4 is 20.1 Å². The lowest BCUT2D eigenvalue weighted by molar-refractivity contribution is 0.102. The Labute approximate surface area is 163 Å². The molecule has 6 nitrogen and oxygen atoms in total. The van der Waals surface area contributed by atoms with E-state index in [2.05, 4.69) is 29.5 Å². The van der Waals surface area contributed by atoms with Crippen molar-refractivity contribution in [2.24, 2.45) is 0 Å². The third kappa shape index (κ3) is 3.91. The van der Waals surface area contributed by atoms with E-state index in [1.165, 1.54) is 5.56 Å².